The van der Waals surface area contributed by atoms with Crippen molar-refractivity contribution in [2.75, 3.05) is 6.54 Å². The maximum absolute atomic E-state index is 11.2. The average Bonchev–Trinajstić information content (AvgIpc) is 2.87. The third-order valence-corrected chi connectivity index (χ3v) is 2.12. The first-order chi connectivity index (χ1) is 6.59. The van der Waals surface area contributed by atoms with E-state index in [1.165, 1.54) is 0 Å². The van der Waals surface area contributed by atoms with Crippen LogP contribution in [0.4, 0.5) is 0 Å². The fourth-order valence-electron chi connectivity index (χ4n) is 1.03. The van der Waals surface area contributed by atoms with Crippen LogP contribution in [-0.2, 0) is 9.59 Å². The van der Waals surface area contributed by atoms with Gasteiger partial charge in [-0.15, -0.1) is 0 Å². The molecule has 1 rings (SSSR count). The van der Waals surface area contributed by atoms with Crippen molar-refractivity contribution in [1.29, 1.82) is 0 Å². The van der Waals surface area contributed by atoms with Crippen molar-refractivity contribution < 1.29 is 9.59 Å². The maximum atomic E-state index is 11.2. The zero-order valence-electron chi connectivity index (χ0n) is 8.80. The van der Waals surface area contributed by atoms with Crippen molar-refractivity contribution in [3.8, 4) is 0 Å². The normalized spacial score (nSPS) is 15.4. The highest BCUT2D eigenvalue weighted by Crippen LogP contribution is 2.18. The number of rotatable bonds is 5. The fraction of sp³-hybridized carbons (Fsp3) is 0.800. The van der Waals surface area contributed by atoms with E-state index in [-0.39, 0.29) is 17.7 Å². The van der Waals surface area contributed by atoms with Gasteiger partial charge in [0.1, 0.15) is 0 Å². The molecule has 4 nitrogen and oxygen atoms in total. The van der Waals surface area contributed by atoms with Gasteiger partial charge in [0.2, 0.25) is 11.8 Å². The van der Waals surface area contributed by atoms with E-state index in [0.29, 0.717) is 19.0 Å². The van der Waals surface area contributed by atoms with E-state index in [4.69, 9.17) is 0 Å². The minimum atomic E-state index is -0.0125. The van der Waals surface area contributed by atoms with E-state index in [9.17, 15) is 9.59 Å². The van der Waals surface area contributed by atoms with Crippen LogP contribution in [0, 0.1) is 5.92 Å². The Morgan fingerprint density at radius 1 is 1.36 bits per heavy atom. The van der Waals surface area contributed by atoms with Gasteiger partial charge in [-0.05, 0) is 12.8 Å². The molecule has 80 valence electrons. The first kappa shape index (κ1) is 11.0. The Hall–Kier alpha value is -1.06. The summed E-state index contributed by atoms with van der Waals surface area (Å²) < 4.78 is 0. The monoisotopic (exact) mass is 198 g/mol. The number of hydrogen-bond acceptors (Lipinski definition) is 2. The van der Waals surface area contributed by atoms with Crippen molar-refractivity contribution >= 4 is 11.8 Å². The molecule has 0 aliphatic heterocycles. The number of carbonyl (C=O) groups is 2. The lowest BCUT2D eigenvalue weighted by atomic mass is 10.2. The predicted molar refractivity (Wildman–Crippen MR) is 53.6 cm³/mol. The molecule has 2 amide bonds. The molecule has 1 saturated carbocycles. The molecule has 0 bridgehead atoms. The minimum absolute atomic E-state index is 0.00391. The van der Waals surface area contributed by atoms with Crippen LogP contribution in [-0.4, -0.2) is 24.4 Å². The molecule has 1 fully saturated rings. The van der Waals surface area contributed by atoms with Crippen LogP contribution < -0.4 is 10.6 Å². The van der Waals surface area contributed by atoms with Crippen LogP contribution in [0.3, 0.4) is 0 Å². The summed E-state index contributed by atoms with van der Waals surface area (Å²) in [6.45, 7) is 4.11. The van der Waals surface area contributed by atoms with E-state index in [2.05, 4.69) is 10.6 Å². The van der Waals surface area contributed by atoms with Gasteiger partial charge in [-0.25, -0.2) is 0 Å². The smallest absolute Gasteiger partial charge is 0.222 e. The molecular formula is C10H18N2O2. The van der Waals surface area contributed by atoms with Gasteiger partial charge in [-0.1, -0.05) is 13.8 Å². The lowest BCUT2D eigenvalue weighted by Crippen LogP contribution is -2.33. The molecule has 0 spiro atoms. The molecule has 0 heterocycles. The Balaban J connectivity index is 2.02. The van der Waals surface area contributed by atoms with Gasteiger partial charge in [0.05, 0.1) is 0 Å². The largest absolute Gasteiger partial charge is 0.355 e. The summed E-state index contributed by atoms with van der Waals surface area (Å²) in [6.07, 6.45) is 2.59. The molecule has 0 aromatic carbocycles. The van der Waals surface area contributed by atoms with Crippen molar-refractivity contribution in [3.63, 3.8) is 0 Å². The quantitative estimate of drug-likeness (QED) is 0.673. The Labute approximate surface area is 84.4 Å². The SMILES string of the molecule is CC(C)C(=O)NCCC(=O)NC1CC1. The number of carbonyl (C=O) groups excluding carboxylic acids is 2. The Morgan fingerprint density at radius 3 is 2.50 bits per heavy atom. The molecule has 4 heteroatoms. The van der Waals surface area contributed by atoms with Gasteiger partial charge in [-0.3, -0.25) is 9.59 Å². The molecular weight excluding hydrogens is 180 g/mol. The van der Waals surface area contributed by atoms with Gasteiger partial charge in [0.15, 0.2) is 0 Å². The molecule has 0 unspecified atom stereocenters. The van der Waals surface area contributed by atoms with Crippen LogP contribution >= 0.6 is 0 Å². The lowest BCUT2D eigenvalue weighted by molar-refractivity contribution is -0.124. The summed E-state index contributed by atoms with van der Waals surface area (Å²) in [5.74, 6) is 0.0299. The molecule has 0 radical (unpaired) electrons. The van der Waals surface area contributed by atoms with Gasteiger partial charge < -0.3 is 10.6 Å². The van der Waals surface area contributed by atoms with Crippen LogP contribution in [0.1, 0.15) is 33.1 Å². The third-order valence-electron chi connectivity index (χ3n) is 2.12. The maximum Gasteiger partial charge on any atom is 0.222 e. The van der Waals surface area contributed by atoms with Crippen LogP contribution in [0.2, 0.25) is 0 Å². The highest BCUT2D eigenvalue weighted by molar-refractivity contribution is 5.80. The summed E-state index contributed by atoms with van der Waals surface area (Å²) in [4.78, 5) is 22.3. The van der Waals surface area contributed by atoms with Gasteiger partial charge in [0, 0.05) is 24.9 Å². The fourth-order valence-corrected chi connectivity index (χ4v) is 1.03. The van der Waals surface area contributed by atoms with E-state index < -0.39 is 0 Å². The first-order valence-corrected chi connectivity index (χ1v) is 5.16. The van der Waals surface area contributed by atoms with E-state index >= 15 is 0 Å². The molecule has 0 aromatic heterocycles. The van der Waals surface area contributed by atoms with Crippen LogP contribution in [0.15, 0.2) is 0 Å². The second kappa shape index (κ2) is 4.98. The number of amides is 2. The van der Waals surface area contributed by atoms with Crippen molar-refractivity contribution in [1.82, 2.24) is 10.6 Å². The highest BCUT2D eigenvalue weighted by Gasteiger charge is 2.22. The van der Waals surface area contributed by atoms with E-state index in [1.807, 2.05) is 13.8 Å². The Morgan fingerprint density at radius 2 is 2.00 bits per heavy atom. The van der Waals surface area contributed by atoms with Crippen LogP contribution in [0.5, 0.6) is 0 Å². The zero-order valence-corrected chi connectivity index (χ0v) is 8.80. The van der Waals surface area contributed by atoms with Crippen LogP contribution in [0.25, 0.3) is 0 Å². The Kier molecular flexibility index (Phi) is 3.92. The molecule has 14 heavy (non-hydrogen) atoms. The number of nitrogens with one attached hydrogen (secondary N) is 2. The molecule has 0 saturated heterocycles. The van der Waals surface area contributed by atoms with Crippen molar-refractivity contribution in [3.05, 3.63) is 0 Å². The highest BCUT2D eigenvalue weighted by atomic mass is 16.2. The predicted octanol–water partition coefficient (Wildman–Crippen LogP) is 0.427. The minimum Gasteiger partial charge on any atom is -0.355 e. The van der Waals surface area contributed by atoms with E-state index in [1.54, 1.807) is 0 Å². The third kappa shape index (κ3) is 4.25. The van der Waals surface area contributed by atoms with Gasteiger partial charge in [-0.2, -0.15) is 0 Å². The lowest BCUT2D eigenvalue weighted by Gasteiger charge is -2.07. The summed E-state index contributed by atoms with van der Waals surface area (Å²) in [7, 11) is 0. The van der Waals surface area contributed by atoms with E-state index in [0.717, 1.165) is 12.8 Å². The summed E-state index contributed by atoms with van der Waals surface area (Å²) in [6, 6.07) is 0.406. The molecule has 1 aliphatic carbocycles. The zero-order chi connectivity index (χ0) is 10.6. The molecule has 0 aromatic rings. The van der Waals surface area contributed by atoms with Crippen molar-refractivity contribution in [2.24, 2.45) is 5.92 Å². The summed E-state index contributed by atoms with van der Waals surface area (Å²) in [5, 5.41) is 5.57. The molecule has 0 atom stereocenters. The number of hydrogen-bond donors (Lipinski definition) is 2. The second-order valence-electron chi connectivity index (χ2n) is 4.04. The summed E-state index contributed by atoms with van der Waals surface area (Å²) in [5.41, 5.74) is 0. The molecule has 1 aliphatic rings. The molecule has 2 N–H and O–H groups in total. The van der Waals surface area contributed by atoms with Gasteiger partial charge >= 0.3 is 0 Å². The van der Waals surface area contributed by atoms with Gasteiger partial charge in [0.25, 0.3) is 0 Å². The topological polar surface area (TPSA) is 58.2 Å². The Bertz CT molecular complexity index is 222. The standard InChI is InChI=1S/C10H18N2O2/c1-7(2)10(14)11-6-5-9(13)12-8-3-4-8/h7-8H,3-6H2,1-2H3,(H,11,14)(H,12,13). The first-order valence-electron chi connectivity index (χ1n) is 5.16. The summed E-state index contributed by atoms with van der Waals surface area (Å²) >= 11 is 0. The average molecular weight is 198 g/mol. The second-order valence-corrected chi connectivity index (χ2v) is 4.04. The van der Waals surface area contributed by atoms with Crippen molar-refractivity contribution in [2.45, 2.75) is 39.2 Å².